The number of anilines is 2. The number of piperidine rings is 1. The summed E-state index contributed by atoms with van der Waals surface area (Å²) < 4.78 is 0. The minimum atomic E-state index is 0.0162. The molecule has 5 heteroatoms. The maximum atomic E-state index is 12.0. The molecule has 0 bridgehead atoms. The normalized spacial score (nSPS) is 23.0. The van der Waals surface area contributed by atoms with Crippen LogP contribution in [0.4, 0.5) is 11.4 Å². The first-order chi connectivity index (χ1) is 9.95. The van der Waals surface area contributed by atoms with E-state index in [9.17, 15) is 4.79 Å². The number of hydrogen-bond acceptors (Lipinski definition) is 3. The molecule has 116 valence electrons. The fourth-order valence-corrected chi connectivity index (χ4v) is 3.00. The van der Waals surface area contributed by atoms with E-state index in [2.05, 4.69) is 24.1 Å². The van der Waals surface area contributed by atoms with E-state index in [1.54, 1.807) is 18.2 Å². The van der Waals surface area contributed by atoms with Crippen LogP contribution in [0.25, 0.3) is 0 Å². The fourth-order valence-electron chi connectivity index (χ4n) is 2.88. The van der Waals surface area contributed by atoms with Crippen molar-refractivity contribution in [2.45, 2.75) is 39.2 Å². The molecule has 0 saturated carbocycles. The molecule has 1 aromatic rings. The molecule has 21 heavy (non-hydrogen) atoms. The highest BCUT2D eigenvalue weighted by Crippen LogP contribution is 2.23. The number of nitrogens with two attached hydrogens (primary N) is 1. The number of nitrogens with one attached hydrogen (secondary N) is 1. The Hall–Kier alpha value is -1.26. The van der Waals surface area contributed by atoms with E-state index in [0.29, 0.717) is 28.9 Å². The SMILES string of the molecule is CC1CCN(CCC(=O)Nc2ccc(Cl)c(N)c2)C(C)C1. The number of halogens is 1. The van der Waals surface area contributed by atoms with Crippen LogP contribution >= 0.6 is 11.6 Å². The van der Waals surface area contributed by atoms with Crippen molar-refractivity contribution in [2.24, 2.45) is 5.92 Å². The van der Waals surface area contributed by atoms with Gasteiger partial charge in [0.25, 0.3) is 0 Å². The summed E-state index contributed by atoms with van der Waals surface area (Å²) in [4.78, 5) is 14.4. The molecule has 0 aromatic heterocycles. The molecule has 3 N–H and O–H groups in total. The Morgan fingerprint density at radius 3 is 2.90 bits per heavy atom. The fraction of sp³-hybridized carbons (Fsp3) is 0.562. The average Bonchev–Trinajstić information content (AvgIpc) is 2.42. The molecule has 2 rings (SSSR count). The Morgan fingerprint density at radius 2 is 2.24 bits per heavy atom. The lowest BCUT2D eigenvalue weighted by molar-refractivity contribution is -0.116. The molecule has 0 aliphatic carbocycles. The molecule has 2 unspecified atom stereocenters. The first-order valence-corrected chi connectivity index (χ1v) is 7.92. The van der Waals surface area contributed by atoms with Crippen LogP contribution in [0.3, 0.4) is 0 Å². The molecule has 2 atom stereocenters. The van der Waals surface area contributed by atoms with Gasteiger partial charge in [-0.3, -0.25) is 4.79 Å². The third-order valence-corrected chi connectivity index (χ3v) is 4.53. The predicted molar refractivity (Wildman–Crippen MR) is 88.5 cm³/mol. The van der Waals surface area contributed by atoms with Crippen LogP contribution in [0.15, 0.2) is 18.2 Å². The second-order valence-corrected chi connectivity index (χ2v) is 6.46. The monoisotopic (exact) mass is 309 g/mol. The van der Waals surface area contributed by atoms with Crippen LogP contribution in [0.5, 0.6) is 0 Å². The number of benzene rings is 1. The van der Waals surface area contributed by atoms with Crippen molar-refractivity contribution in [3.05, 3.63) is 23.2 Å². The Morgan fingerprint density at radius 1 is 1.48 bits per heavy atom. The Kier molecular flexibility index (Phi) is 5.48. The van der Waals surface area contributed by atoms with Crippen molar-refractivity contribution in [3.63, 3.8) is 0 Å². The Balaban J connectivity index is 1.80. The van der Waals surface area contributed by atoms with Crippen molar-refractivity contribution in [2.75, 3.05) is 24.1 Å². The average molecular weight is 310 g/mol. The van der Waals surface area contributed by atoms with Gasteiger partial charge in [0.05, 0.1) is 10.7 Å². The van der Waals surface area contributed by atoms with Gasteiger partial charge >= 0.3 is 0 Å². The summed E-state index contributed by atoms with van der Waals surface area (Å²) in [6, 6.07) is 5.71. The largest absolute Gasteiger partial charge is 0.397 e. The number of carbonyl (C=O) groups is 1. The lowest BCUT2D eigenvalue weighted by atomic mass is 9.93. The maximum absolute atomic E-state index is 12.0. The van der Waals surface area contributed by atoms with E-state index in [1.165, 1.54) is 12.8 Å². The zero-order valence-corrected chi connectivity index (χ0v) is 13.5. The van der Waals surface area contributed by atoms with Crippen LogP contribution in [0.2, 0.25) is 5.02 Å². The number of rotatable bonds is 4. The molecule has 1 aliphatic rings. The lowest BCUT2D eigenvalue weighted by Crippen LogP contribution is -2.41. The second-order valence-electron chi connectivity index (χ2n) is 6.05. The zero-order valence-electron chi connectivity index (χ0n) is 12.7. The van der Waals surface area contributed by atoms with Gasteiger partial charge in [-0.2, -0.15) is 0 Å². The molecule has 1 amide bonds. The molecule has 1 saturated heterocycles. The molecule has 0 spiro atoms. The number of likely N-dealkylation sites (tertiary alicyclic amines) is 1. The summed E-state index contributed by atoms with van der Waals surface area (Å²) >= 11 is 5.86. The lowest BCUT2D eigenvalue weighted by Gasteiger charge is -2.36. The summed E-state index contributed by atoms with van der Waals surface area (Å²) in [7, 11) is 0. The molecule has 1 heterocycles. The zero-order chi connectivity index (χ0) is 15.4. The Bertz CT molecular complexity index is 506. The van der Waals surface area contributed by atoms with Crippen LogP contribution in [-0.2, 0) is 4.79 Å². The van der Waals surface area contributed by atoms with Crippen LogP contribution < -0.4 is 11.1 Å². The standard InChI is InChI=1S/C16H24ClN3O/c1-11-5-7-20(12(2)9-11)8-6-16(21)19-13-3-4-14(17)15(18)10-13/h3-4,10-12H,5-9,18H2,1-2H3,(H,19,21). The van der Waals surface area contributed by atoms with Gasteiger partial charge in [-0.25, -0.2) is 0 Å². The van der Waals surface area contributed by atoms with Crippen molar-refractivity contribution in [3.8, 4) is 0 Å². The molecule has 1 fully saturated rings. The highest BCUT2D eigenvalue weighted by molar-refractivity contribution is 6.33. The van der Waals surface area contributed by atoms with E-state index in [-0.39, 0.29) is 5.91 Å². The van der Waals surface area contributed by atoms with E-state index < -0.39 is 0 Å². The first-order valence-electron chi connectivity index (χ1n) is 7.54. The number of amides is 1. The predicted octanol–water partition coefficient (Wildman–Crippen LogP) is 3.37. The number of carbonyl (C=O) groups excluding carboxylic acids is 1. The smallest absolute Gasteiger partial charge is 0.225 e. The molecule has 1 aromatic carbocycles. The van der Waals surface area contributed by atoms with E-state index in [4.69, 9.17) is 17.3 Å². The van der Waals surface area contributed by atoms with Gasteiger partial charge in [0.2, 0.25) is 5.91 Å². The number of hydrogen-bond donors (Lipinski definition) is 2. The first kappa shape index (κ1) is 16.1. The summed E-state index contributed by atoms with van der Waals surface area (Å²) in [6.07, 6.45) is 2.94. The molecular weight excluding hydrogens is 286 g/mol. The van der Waals surface area contributed by atoms with Gasteiger partial charge in [0.15, 0.2) is 0 Å². The van der Waals surface area contributed by atoms with Crippen molar-refractivity contribution in [1.29, 1.82) is 0 Å². The number of nitrogens with zero attached hydrogens (tertiary/aromatic N) is 1. The maximum Gasteiger partial charge on any atom is 0.225 e. The summed E-state index contributed by atoms with van der Waals surface area (Å²) in [5, 5.41) is 3.37. The third-order valence-electron chi connectivity index (χ3n) is 4.18. The summed E-state index contributed by atoms with van der Waals surface area (Å²) in [5.41, 5.74) is 6.90. The van der Waals surface area contributed by atoms with Crippen LogP contribution in [0.1, 0.15) is 33.1 Å². The molecule has 4 nitrogen and oxygen atoms in total. The van der Waals surface area contributed by atoms with Crippen molar-refractivity contribution < 1.29 is 4.79 Å². The Labute approximate surface area is 131 Å². The minimum Gasteiger partial charge on any atom is -0.397 e. The summed E-state index contributed by atoms with van der Waals surface area (Å²) in [6.45, 7) is 6.44. The topological polar surface area (TPSA) is 58.4 Å². The molecule has 0 radical (unpaired) electrons. The minimum absolute atomic E-state index is 0.0162. The summed E-state index contributed by atoms with van der Waals surface area (Å²) in [5.74, 6) is 0.810. The van der Waals surface area contributed by atoms with Gasteiger partial charge in [0.1, 0.15) is 0 Å². The molecular formula is C16H24ClN3O. The van der Waals surface area contributed by atoms with Gasteiger partial charge < -0.3 is 16.0 Å². The highest BCUT2D eigenvalue weighted by Gasteiger charge is 2.22. The van der Waals surface area contributed by atoms with Crippen molar-refractivity contribution in [1.82, 2.24) is 4.90 Å². The second kappa shape index (κ2) is 7.14. The number of nitrogen functional groups attached to an aromatic ring is 1. The van der Waals surface area contributed by atoms with Gasteiger partial charge in [-0.15, -0.1) is 0 Å². The van der Waals surface area contributed by atoms with Gasteiger partial charge in [-0.1, -0.05) is 18.5 Å². The van der Waals surface area contributed by atoms with Crippen LogP contribution in [-0.4, -0.2) is 29.9 Å². The van der Waals surface area contributed by atoms with Crippen molar-refractivity contribution >= 4 is 28.9 Å². The third kappa shape index (κ3) is 4.61. The highest BCUT2D eigenvalue weighted by atomic mass is 35.5. The van der Waals surface area contributed by atoms with Gasteiger partial charge in [0, 0.05) is 24.7 Å². The molecule has 1 aliphatic heterocycles. The van der Waals surface area contributed by atoms with Gasteiger partial charge in [-0.05, 0) is 50.4 Å². The quantitative estimate of drug-likeness (QED) is 0.838. The van der Waals surface area contributed by atoms with E-state index in [0.717, 1.165) is 19.0 Å². The van der Waals surface area contributed by atoms with E-state index in [1.807, 2.05) is 0 Å². The van der Waals surface area contributed by atoms with Crippen LogP contribution in [0, 0.1) is 5.92 Å². The van der Waals surface area contributed by atoms with E-state index >= 15 is 0 Å².